The molecule has 0 unspecified atom stereocenters. The molecule has 30 heavy (non-hydrogen) atoms. The van der Waals surface area contributed by atoms with Crippen LogP contribution in [-0.2, 0) is 0 Å². The zero-order chi connectivity index (χ0) is 20.2. The van der Waals surface area contributed by atoms with E-state index in [0.29, 0.717) is 23.5 Å². The highest BCUT2D eigenvalue weighted by Crippen LogP contribution is 2.45. The molecule has 4 aromatic heterocycles. The number of hydrogen-bond acceptors (Lipinski definition) is 8. The fraction of sp³-hybridized carbons (Fsp3) is 0.350. The van der Waals surface area contributed by atoms with E-state index >= 15 is 0 Å². The van der Waals surface area contributed by atoms with E-state index in [1.165, 1.54) is 12.8 Å². The minimum Gasteiger partial charge on any atom is -0.341 e. The van der Waals surface area contributed by atoms with Crippen molar-refractivity contribution in [3.8, 4) is 23.2 Å². The largest absolute Gasteiger partial charge is 0.341 e. The number of anilines is 1. The monoisotopic (exact) mass is 400 g/mol. The van der Waals surface area contributed by atoms with Gasteiger partial charge in [-0.2, -0.15) is 4.98 Å². The van der Waals surface area contributed by atoms with E-state index in [0.717, 1.165) is 29.6 Å². The van der Waals surface area contributed by atoms with Crippen LogP contribution in [0.15, 0.2) is 37.2 Å². The van der Waals surface area contributed by atoms with Crippen LogP contribution in [0.4, 0.5) is 5.82 Å². The van der Waals surface area contributed by atoms with Crippen molar-refractivity contribution in [2.24, 2.45) is 0 Å². The summed E-state index contributed by atoms with van der Waals surface area (Å²) >= 11 is 0. The first-order valence-electron chi connectivity index (χ1n) is 10.1. The van der Waals surface area contributed by atoms with Crippen LogP contribution in [0.25, 0.3) is 23.2 Å². The Bertz CT molecular complexity index is 1220. The number of aromatic nitrogens is 9. The number of hydrogen-bond donors (Lipinski definition) is 0. The summed E-state index contributed by atoms with van der Waals surface area (Å²) in [6.45, 7) is 4.15. The molecule has 0 spiro atoms. The summed E-state index contributed by atoms with van der Waals surface area (Å²) in [7, 11) is 0. The molecule has 4 aromatic rings. The lowest BCUT2D eigenvalue weighted by Gasteiger charge is -2.37. The van der Waals surface area contributed by atoms with E-state index in [2.05, 4.69) is 46.5 Å². The van der Waals surface area contributed by atoms with Gasteiger partial charge < -0.3 is 4.90 Å². The van der Waals surface area contributed by atoms with Crippen LogP contribution >= 0.6 is 0 Å². The zero-order valence-corrected chi connectivity index (χ0v) is 16.7. The minimum atomic E-state index is 0.149. The molecular weight excluding hydrogens is 380 g/mol. The van der Waals surface area contributed by atoms with E-state index in [1.807, 2.05) is 23.9 Å². The van der Waals surface area contributed by atoms with Crippen LogP contribution in [0, 0.1) is 6.92 Å². The predicted octanol–water partition coefficient (Wildman–Crippen LogP) is 2.44. The van der Waals surface area contributed by atoms with Crippen molar-refractivity contribution in [3.63, 3.8) is 0 Å². The number of rotatable bonds is 4. The second-order valence-corrected chi connectivity index (χ2v) is 7.59. The van der Waals surface area contributed by atoms with Crippen molar-refractivity contribution in [3.05, 3.63) is 48.8 Å². The third kappa shape index (κ3) is 2.46. The lowest BCUT2D eigenvalue weighted by molar-refractivity contribution is 0.530. The van der Waals surface area contributed by atoms with Crippen LogP contribution < -0.4 is 4.90 Å². The summed E-state index contributed by atoms with van der Waals surface area (Å²) in [4.78, 5) is 25.1. The standard InChI is InChI=1S/C20H20N10/c1-3-15-19-27-26-12(2)29(19)16-11-24-20(25-18(16)30(15)13-4-5-13)28-9-8-23-17(28)14-10-21-6-7-22-14/h6-11,13,15H,3-5H2,1-2H3/t15-/m1/s1. The van der Waals surface area contributed by atoms with Crippen molar-refractivity contribution in [1.82, 2.24) is 44.3 Å². The average molecular weight is 400 g/mol. The highest BCUT2D eigenvalue weighted by molar-refractivity contribution is 5.64. The molecule has 2 aliphatic rings. The first kappa shape index (κ1) is 17.2. The average Bonchev–Trinajstić information content (AvgIpc) is 3.37. The molecule has 5 heterocycles. The molecule has 0 aromatic carbocycles. The van der Waals surface area contributed by atoms with Crippen LogP contribution in [-0.4, -0.2) is 50.3 Å². The van der Waals surface area contributed by atoms with Crippen molar-refractivity contribution < 1.29 is 0 Å². The van der Waals surface area contributed by atoms with Gasteiger partial charge in [0.05, 0.1) is 18.4 Å². The molecule has 0 saturated heterocycles. The SMILES string of the molecule is CC[C@@H]1c2nnc(C)n2-c2cnc(-n3ccnc3-c3cnccn3)nc2N1C1CC1. The van der Waals surface area contributed by atoms with Gasteiger partial charge in [-0.05, 0) is 26.2 Å². The fourth-order valence-electron chi connectivity index (χ4n) is 4.21. The van der Waals surface area contributed by atoms with Gasteiger partial charge in [-0.3, -0.25) is 14.1 Å². The van der Waals surface area contributed by atoms with Crippen LogP contribution in [0.2, 0.25) is 0 Å². The zero-order valence-electron chi connectivity index (χ0n) is 16.7. The molecule has 0 N–H and O–H groups in total. The van der Waals surface area contributed by atoms with Gasteiger partial charge in [0.15, 0.2) is 17.5 Å². The van der Waals surface area contributed by atoms with Crippen molar-refractivity contribution in [2.75, 3.05) is 4.90 Å². The molecule has 1 fully saturated rings. The Morgan fingerprint density at radius 2 is 1.93 bits per heavy atom. The Labute approximate surface area is 172 Å². The summed E-state index contributed by atoms with van der Waals surface area (Å²) in [5, 5.41) is 8.82. The highest BCUT2D eigenvalue weighted by Gasteiger charge is 2.42. The predicted molar refractivity (Wildman–Crippen MR) is 108 cm³/mol. The number of fused-ring (bicyclic) bond motifs is 3. The van der Waals surface area contributed by atoms with E-state index in [-0.39, 0.29) is 6.04 Å². The van der Waals surface area contributed by atoms with Gasteiger partial charge in [-0.15, -0.1) is 10.2 Å². The quantitative estimate of drug-likeness (QED) is 0.515. The topological polar surface area (TPSA) is 103 Å². The Morgan fingerprint density at radius 1 is 1.03 bits per heavy atom. The number of aryl methyl sites for hydroxylation is 1. The maximum atomic E-state index is 5.02. The molecular formula is C20H20N10. The molecule has 0 bridgehead atoms. The van der Waals surface area contributed by atoms with E-state index < -0.39 is 0 Å². The van der Waals surface area contributed by atoms with E-state index in [9.17, 15) is 0 Å². The molecule has 1 atom stereocenters. The highest BCUT2D eigenvalue weighted by atomic mass is 15.4. The van der Waals surface area contributed by atoms with Gasteiger partial charge in [-0.1, -0.05) is 6.92 Å². The van der Waals surface area contributed by atoms with E-state index in [1.54, 1.807) is 24.8 Å². The Kier molecular flexibility index (Phi) is 3.67. The lowest BCUT2D eigenvalue weighted by Crippen LogP contribution is -2.37. The number of nitrogens with zero attached hydrogens (tertiary/aromatic N) is 10. The Morgan fingerprint density at radius 3 is 2.70 bits per heavy atom. The molecule has 1 aliphatic carbocycles. The minimum absolute atomic E-state index is 0.149. The first-order chi connectivity index (χ1) is 14.8. The second-order valence-electron chi connectivity index (χ2n) is 7.59. The van der Waals surface area contributed by atoms with Crippen LogP contribution in [0.1, 0.15) is 43.9 Å². The van der Waals surface area contributed by atoms with Crippen molar-refractivity contribution in [1.29, 1.82) is 0 Å². The van der Waals surface area contributed by atoms with Gasteiger partial charge >= 0.3 is 0 Å². The third-order valence-electron chi connectivity index (χ3n) is 5.68. The Hall–Kier alpha value is -3.69. The lowest BCUT2D eigenvalue weighted by atomic mass is 10.1. The van der Waals surface area contributed by atoms with Gasteiger partial charge in [0.25, 0.3) is 0 Å². The molecule has 0 radical (unpaired) electrons. The Balaban J connectivity index is 1.53. The molecule has 6 rings (SSSR count). The van der Waals surface area contributed by atoms with Gasteiger partial charge in [0.1, 0.15) is 17.2 Å². The maximum Gasteiger partial charge on any atom is 0.237 e. The van der Waals surface area contributed by atoms with Crippen LogP contribution in [0.5, 0.6) is 0 Å². The molecule has 10 heteroatoms. The molecule has 150 valence electrons. The summed E-state index contributed by atoms with van der Waals surface area (Å²) < 4.78 is 3.94. The first-order valence-corrected chi connectivity index (χ1v) is 10.1. The normalized spacial score (nSPS) is 17.7. The van der Waals surface area contributed by atoms with Crippen LogP contribution in [0.3, 0.4) is 0 Å². The maximum absolute atomic E-state index is 5.02. The molecule has 0 amide bonds. The molecule has 1 aliphatic heterocycles. The van der Waals surface area contributed by atoms with E-state index in [4.69, 9.17) is 4.98 Å². The van der Waals surface area contributed by atoms with Gasteiger partial charge in [0.2, 0.25) is 5.95 Å². The summed E-state index contributed by atoms with van der Waals surface area (Å²) in [5.41, 5.74) is 1.60. The second kappa shape index (κ2) is 6.41. The summed E-state index contributed by atoms with van der Waals surface area (Å²) in [5.74, 6) is 3.95. The summed E-state index contributed by atoms with van der Waals surface area (Å²) in [6, 6.07) is 0.626. The smallest absolute Gasteiger partial charge is 0.237 e. The van der Waals surface area contributed by atoms with Gasteiger partial charge in [0, 0.05) is 30.8 Å². The van der Waals surface area contributed by atoms with Crippen molar-refractivity contribution in [2.45, 2.75) is 45.2 Å². The van der Waals surface area contributed by atoms with Crippen molar-refractivity contribution >= 4 is 5.82 Å². The number of imidazole rings is 1. The third-order valence-corrected chi connectivity index (χ3v) is 5.68. The molecule has 1 saturated carbocycles. The van der Waals surface area contributed by atoms with Gasteiger partial charge in [-0.25, -0.2) is 15.0 Å². The fourth-order valence-corrected chi connectivity index (χ4v) is 4.21. The summed E-state index contributed by atoms with van der Waals surface area (Å²) in [6.07, 6.45) is 13.7. The molecule has 10 nitrogen and oxygen atoms in total.